The molecule has 0 radical (unpaired) electrons. The zero-order valence-corrected chi connectivity index (χ0v) is 11.6. The summed E-state index contributed by atoms with van der Waals surface area (Å²) in [4.78, 5) is 10.7. The van der Waals surface area contributed by atoms with Crippen molar-refractivity contribution in [3.8, 4) is 5.75 Å². The minimum atomic E-state index is -1.04. The van der Waals surface area contributed by atoms with Gasteiger partial charge in [-0.2, -0.15) is 5.10 Å². The molecule has 0 spiro atoms. The minimum Gasteiger partial charge on any atom is -0.476 e. The third-order valence-corrected chi connectivity index (χ3v) is 3.28. The summed E-state index contributed by atoms with van der Waals surface area (Å²) in [5, 5.41) is 12.6. The predicted octanol–water partition coefficient (Wildman–Crippen LogP) is 3.13. The van der Waals surface area contributed by atoms with Crippen LogP contribution in [0.5, 0.6) is 5.75 Å². The molecule has 1 unspecified atom stereocenters. The molecule has 1 N–H and O–H groups in total. The van der Waals surface area contributed by atoms with E-state index in [0.717, 1.165) is 12.2 Å². The number of aromatic nitrogens is 2. The van der Waals surface area contributed by atoms with E-state index in [9.17, 15) is 4.79 Å². The largest absolute Gasteiger partial charge is 0.476 e. The highest BCUT2D eigenvalue weighted by Gasteiger charge is 2.07. The Morgan fingerprint density at radius 1 is 1.35 bits per heavy atom. The first-order valence-electron chi connectivity index (χ1n) is 6.59. The first-order chi connectivity index (χ1) is 9.60. The quantitative estimate of drug-likeness (QED) is 0.879. The Morgan fingerprint density at radius 3 is 2.60 bits per heavy atom. The van der Waals surface area contributed by atoms with Crippen molar-refractivity contribution >= 4 is 5.97 Å². The molecule has 0 fully saturated rings. The van der Waals surface area contributed by atoms with Gasteiger partial charge >= 0.3 is 5.97 Å². The van der Waals surface area contributed by atoms with E-state index < -0.39 is 5.97 Å². The molecule has 106 valence electrons. The van der Waals surface area contributed by atoms with Gasteiger partial charge in [0.25, 0.3) is 0 Å². The molecular formula is C15H18N2O3. The third-order valence-electron chi connectivity index (χ3n) is 3.28. The Kier molecular flexibility index (Phi) is 4.40. The fraction of sp³-hybridized carbons (Fsp3) is 0.333. The number of carboxylic acids is 1. The molecule has 1 atom stereocenters. The molecule has 0 saturated heterocycles. The van der Waals surface area contributed by atoms with Crippen molar-refractivity contribution in [2.45, 2.75) is 32.9 Å². The maximum atomic E-state index is 10.7. The van der Waals surface area contributed by atoms with Gasteiger partial charge in [-0.3, -0.25) is 0 Å². The lowest BCUT2D eigenvalue weighted by atomic mass is 9.99. The van der Waals surface area contributed by atoms with Crippen LogP contribution in [0.3, 0.4) is 0 Å². The van der Waals surface area contributed by atoms with Crippen LogP contribution in [0.4, 0.5) is 0 Å². The number of benzene rings is 1. The molecular weight excluding hydrogens is 256 g/mol. The van der Waals surface area contributed by atoms with Crippen LogP contribution in [0, 0.1) is 0 Å². The number of hydrogen-bond acceptors (Lipinski definition) is 3. The second-order valence-corrected chi connectivity index (χ2v) is 4.70. The molecule has 0 aliphatic heterocycles. The van der Waals surface area contributed by atoms with E-state index >= 15 is 0 Å². The summed E-state index contributed by atoms with van der Waals surface area (Å²) in [5.74, 6) is 0.236. The van der Waals surface area contributed by atoms with Crippen LogP contribution in [0.15, 0.2) is 36.5 Å². The van der Waals surface area contributed by atoms with Crippen LogP contribution in [-0.4, -0.2) is 20.9 Å². The number of aromatic carboxylic acids is 1. The molecule has 0 saturated carbocycles. The highest BCUT2D eigenvalue weighted by atomic mass is 16.5. The van der Waals surface area contributed by atoms with Gasteiger partial charge in [0, 0.05) is 6.20 Å². The first-order valence-corrected chi connectivity index (χ1v) is 6.59. The number of hydrogen-bond donors (Lipinski definition) is 1. The van der Waals surface area contributed by atoms with Crippen molar-refractivity contribution < 1.29 is 14.6 Å². The average molecular weight is 274 g/mol. The van der Waals surface area contributed by atoms with E-state index in [4.69, 9.17) is 9.84 Å². The van der Waals surface area contributed by atoms with Crippen LogP contribution in [-0.2, 0) is 6.73 Å². The number of carboxylic acid groups (broad SMARTS) is 1. The number of nitrogens with zero attached hydrogens (tertiary/aromatic N) is 2. The van der Waals surface area contributed by atoms with Gasteiger partial charge in [0.05, 0.1) is 0 Å². The second-order valence-electron chi connectivity index (χ2n) is 4.70. The van der Waals surface area contributed by atoms with Crippen LogP contribution in [0.2, 0.25) is 0 Å². The van der Waals surface area contributed by atoms with Gasteiger partial charge in [0.1, 0.15) is 5.75 Å². The summed E-state index contributed by atoms with van der Waals surface area (Å²) in [5.41, 5.74) is 1.30. The number of rotatable bonds is 6. The number of carbonyl (C=O) groups is 1. The summed E-state index contributed by atoms with van der Waals surface area (Å²) >= 11 is 0. The standard InChI is InChI=1S/C15H18N2O3/c1-3-11(2)12-4-6-13(7-5-12)20-10-17-9-8-14(16-17)15(18)19/h4-9,11H,3,10H2,1-2H3,(H,18,19). The molecule has 1 aromatic carbocycles. The normalized spacial score (nSPS) is 12.1. The van der Waals surface area contributed by atoms with Crippen molar-refractivity contribution in [3.63, 3.8) is 0 Å². The maximum absolute atomic E-state index is 10.7. The van der Waals surface area contributed by atoms with E-state index in [1.54, 1.807) is 6.20 Å². The highest BCUT2D eigenvalue weighted by Crippen LogP contribution is 2.21. The van der Waals surface area contributed by atoms with Crippen LogP contribution in [0.1, 0.15) is 42.2 Å². The van der Waals surface area contributed by atoms with Gasteiger partial charge in [-0.05, 0) is 36.1 Å². The Balaban J connectivity index is 1.94. The molecule has 0 aliphatic rings. The molecule has 0 aliphatic carbocycles. The zero-order chi connectivity index (χ0) is 14.5. The Labute approximate surface area is 117 Å². The fourth-order valence-corrected chi connectivity index (χ4v) is 1.82. The summed E-state index contributed by atoms with van der Waals surface area (Å²) in [6, 6.07) is 9.38. The topological polar surface area (TPSA) is 64.3 Å². The summed E-state index contributed by atoms with van der Waals surface area (Å²) in [7, 11) is 0. The summed E-state index contributed by atoms with van der Waals surface area (Å²) < 4.78 is 7.01. The lowest BCUT2D eigenvalue weighted by Crippen LogP contribution is -2.07. The maximum Gasteiger partial charge on any atom is 0.356 e. The Hall–Kier alpha value is -2.30. The predicted molar refractivity (Wildman–Crippen MR) is 75.0 cm³/mol. The lowest BCUT2D eigenvalue weighted by Gasteiger charge is -2.10. The van der Waals surface area contributed by atoms with Gasteiger partial charge in [0.15, 0.2) is 12.4 Å². The van der Waals surface area contributed by atoms with Gasteiger partial charge < -0.3 is 9.84 Å². The van der Waals surface area contributed by atoms with Gasteiger partial charge in [-0.25, -0.2) is 9.48 Å². The van der Waals surface area contributed by atoms with Crippen molar-refractivity contribution in [1.82, 2.24) is 9.78 Å². The van der Waals surface area contributed by atoms with Crippen molar-refractivity contribution in [1.29, 1.82) is 0 Å². The smallest absolute Gasteiger partial charge is 0.356 e. The molecule has 2 rings (SSSR count). The molecule has 5 nitrogen and oxygen atoms in total. The van der Waals surface area contributed by atoms with Gasteiger partial charge in [0.2, 0.25) is 0 Å². The van der Waals surface area contributed by atoms with Crippen LogP contribution < -0.4 is 4.74 Å². The lowest BCUT2D eigenvalue weighted by molar-refractivity contribution is 0.0688. The molecule has 1 aromatic heterocycles. The van der Waals surface area contributed by atoms with Crippen molar-refractivity contribution in [2.24, 2.45) is 0 Å². The molecule has 5 heteroatoms. The molecule has 20 heavy (non-hydrogen) atoms. The Morgan fingerprint density at radius 2 is 2.05 bits per heavy atom. The SMILES string of the molecule is CCC(C)c1ccc(OCn2ccc(C(=O)O)n2)cc1. The van der Waals surface area contributed by atoms with Gasteiger partial charge in [-0.15, -0.1) is 0 Å². The fourth-order valence-electron chi connectivity index (χ4n) is 1.82. The van der Waals surface area contributed by atoms with Crippen LogP contribution in [0.25, 0.3) is 0 Å². The average Bonchev–Trinajstić information content (AvgIpc) is 2.94. The second kappa shape index (κ2) is 6.23. The van der Waals surface area contributed by atoms with E-state index in [-0.39, 0.29) is 12.4 Å². The van der Waals surface area contributed by atoms with Gasteiger partial charge in [-0.1, -0.05) is 26.0 Å². The van der Waals surface area contributed by atoms with E-state index in [2.05, 4.69) is 31.1 Å². The van der Waals surface area contributed by atoms with Crippen molar-refractivity contribution in [2.75, 3.05) is 0 Å². The number of ether oxygens (including phenoxy) is 1. The monoisotopic (exact) mass is 274 g/mol. The summed E-state index contributed by atoms with van der Waals surface area (Å²) in [6.07, 6.45) is 2.68. The molecule has 0 bridgehead atoms. The van der Waals surface area contributed by atoms with E-state index in [1.165, 1.54) is 16.3 Å². The van der Waals surface area contributed by atoms with E-state index in [1.807, 2.05) is 12.1 Å². The molecule has 2 aromatic rings. The molecule has 0 amide bonds. The van der Waals surface area contributed by atoms with Crippen LogP contribution >= 0.6 is 0 Å². The Bertz CT molecular complexity index is 575. The highest BCUT2D eigenvalue weighted by molar-refractivity contribution is 5.84. The molecule has 1 heterocycles. The van der Waals surface area contributed by atoms with Crippen molar-refractivity contribution in [3.05, 3.63) is 47.8 Å². The third kappa shape index (κ3) is 3.38. The summed E-state index contributed by atoms with van der Waals surface area (Å²) in [6.45, 7) is 4.54. The first kappa shape index (κ1) is 14.1. The minimum absolute atomic E-state index is 0.0146. The van der Waals surface area contributed by atoms with E-state index in [0.29, 0.717) is 5.92 Å². The zero-order valence-electron chi connectivity index (χ0n) is 11.6.